The van der Waals surface area contributed by atoms with Gasteiger partial charge in [0.2, 0.25) is 0 Å². The van der Waals surface area contributed by atoms with E-state index >= 15 is 0 Å². The summed E-state index contributed by atoms with van der Waals surface area (Å²) in [6.45, 7) is 6.36. The van der Waals surface area contributed by atoms with Crippen LogP contribution in [0, 0.1) is 0 Å². The largest absolute Gasteiger partial charge is 0.462 e. The lowest BCUT2D eigenvalue weighted by Gasteiger charge is -2.18. The first kappa shape index (κ1) is 57.1. The van der Waals surface area contributed by atoms with Gasteiger partial charge in [-0.1, -0.05) is 220 Å². The van der Waals surface area contributed by atoms with Crippen LogP contribution in [0.5, 0.6) is 0 Å². The molecule has 1 unspecified atom stereocenters. The van der Waals surface area contributed by atoms with Crippen molar-refractivity contribution < 1.29 is 28.6 Å². The molecule has 0 spiro atoms. The van der Waals surface area contributed by atoms with Gasteiger partial charge in [-0.2, -0.15) is 0 Å². The fourth-order valence-corrected chi connectivity index (χ4v) is 6.25. The predicted molar refractivity (Wildman–Crippen MR) is 260 cm³/mol. The molecule has 0 fully saturated rings. The molecule has 0 heterocycles. The zero-order chi connectivity index (χ0) is 44.4. The standard InChI is InChI=1S/C55H88O6/c1-4-7-10-13-16-19-21-23-25-27-29-31-33-36-39-42-45-48-54(57)60-51-52(50-59-53(56)47-44-41-38-35-18-15-12-9-6-3)61-55(58)49-46-43-40-37-34-32-30-28-26-24-22-20-17-14-11-8-5-2/h7,10,13,16,19,21,23-27,29-33,37,40,52H,4-6,8-9,11-12,14-15,17-18,20,22,28,34-36,38-39,41-51H2,1-3H3/b10-7-,16-13-,21-19-,25-23-,26-24-,29-27+,32-30-,33-31-,40-37-. The minimum absolute atomic E-state index is 0.114. The van der Waals surface area contributed by atoms with E-state index in [9.17, 15) is 14.4 Å². The third-order valence-corrected chi connectivity index (χ3v) is 9.92. The van der Waals surface area contributed by atoms with Crippen molar-refractivity contribution in [3.8, 4) is 0 Å². The minimum atomic E-state index is -0.821. The van der Waals surface area contributed by atoms with Crippen molar-refractivity contribution in [2.75, 3.05) is 13.2 Å². The summed E-state index contributed by atoms with van der Waals surface area (Å²) in [6, 6.07) is 0. The van der Waals surface area contributed by atoms with Crippen molar-refractivity contribution in [2.24, 2.45) is 0 Å². The Morgan fingerprint density at radius 2 is 0.721 bits per heavy atom. The molecule has 61 heavy (non-hydrogen) atoms. The van der Waals surface area contributed by atoms with Crippen LogP contribution in [0.3, 0.4) is 0 Å². The van der Waals surface area contributed by atoms with Gasteiger partial charge in [0.05, 0.1) is 0 Å². The Morgan fingerprint density at radius 1 is 0.361 bits per heavy atom. The Morgan fingerprint density at radius 3 is 1.21 bits per heavy atom. The normalized spacial score (nSPS) is 13.0. The molecule has 6 heteroatoms. The van der Waals surface area contributed by atoms with E-state index in [1.54, 1.807) is 0 Å². The summed E-state index contributed by atoms with van der Waals surface area (Å²) < 4.78 is 16.6. The lowest BCUT2D eigenvalue weighted by molar-refractivity contribution is -0.167. The van der Waals surface area contributed by atoms with E-state index in [1.807, 2.05) is 60.8 Å². The molecule has 0 aliphatic heterocycles. The summed E-state index contributed by atoms with van der Waals surface area (Å²) >= 11 is 0. The maximum absolute atomic E-state index is 12.7. The number of ether oxygens (including phenoxy) is 3. The molecule has 0 saturated carbocycles. The van der Waals surface area contributed by atoms with Gasteiger partial charge < -0.3 is 14.2 Å². The van der Waals surface area contributed by atoms with Gasteiger partial charge in [0.25, 0.3) is 0 Å². The summed E-state index contributed by atoms with van der Waals surface area (Å²) in [4.78, 5) is 37.8. The first-order valence-corrected chi connectivity index (χ1v) is 24.5. The fraction of sp³-hybridized carbons (Fsp3) is 0.618. The van der Waals surface area contributed by atoms with E-state index in [2.05, 4.69) is 69.4 Å². The predicted octanol–water partition coefficient (Wildman–Crippen LogP) is 16.0. The fourth-order valence-electron chi connectivity index (χ4n) is 6.25. The zero-order valence-electron chi connectivity index (χ0n) is 39.1. The number of unbranched alkanes of at least 4 members (excludes halogenated alkanes) is 18. The molecule has 0 aromatic heterocycles. The van der Waals surface area contributed by atoms with Crippen LogP contribution in [0.2, 0.25) is 0 Å². The second-order valence-electron chi connectivity index (χ2n) is 15.8. The molecule has 0 aromatic carbocycles. The molecular weight excluding hydrogens is 757 g/mol. The Labute approximate surface area is 374 Å². The summed E-state index contributed by atoms with van der Waals surface area (Å²) in [6.07, 6.45) is 65.1. The first-order chi connectivity index (χ1) is 30.0. The molecule has 1 atom stereocenters. The summed E-state index contributed by atoms with van der Waals surface area (Å²) in [5.74, 6) is -1.02. The quantitative estimate of drug-likeness (QED) is 0.0200. The second kappa shape index (κ2) is 48.7. The molecule has 344 valence electrons. The van der Waals surface area contributed by atoms with Crippen LogP contribution >= 0.6 is 0 Å². The molecular formula is C55H88O6. The Bertz CT molecular complexity index is 1290. The molecule has 0 rings (SSSR count). The monoisotopic (exact) mass is 845 g/mol. The molecule has 6 nitrogen and oxygen atoms in total. The van der Waals surface area contributed by atoms with E-state index in [1.165, 1.54) is 83.5 Å². The average molecular weight is 845 g/mol. The molecule has 0 aliphatic rings. The topological polar surface area (TPSA) is 78.9 Å². The van der Waals surface area contributed by atoms with Gasteiger partial charge in [-0.15, -0.1) is 0 Å². The number of esters is 3. The van der Waals surface area contributed by atoms with Crippen LogP contribution in [-0.2, 0) is 28.6 Å². The van der Waals surface area contributed by atoms with Gasteiger partial charge >= 0.3 is 17.9 Å². The van der Waals surface area contributed by atoms with Crippen molar-refractivity contribution in [2.45, 2.75) is 207 Å². The molecule has 0 saturated heterocycles. The number of hydrogen-bond acceptors (Lipinski definition) is 6. The van der Waals surface area contributed by atoms with Gasteiger partial charge in [0.1, 0.15) is 13.2 Å². The lowest BCUT2D eigenvalue weighted by Crippen LogP contribution is -2.30. The summed E-state index contributed by atoms with van der Waals surface area (Å²) in [7, 11) is 0. The van der Waals surface area contributed by atoms with Gasteiger partial charge in [-0.05, 0) is 70.6 Å². The van der Waals surface area contributed by atoms with Crippen molar-refractivity contribution in [3.63, 3.8) is 0 Å². The number of carbonyl (C=O) groups excluding carboxylic acids is 3. The third kappa shape index (κ3) is 47.0. The first-order valence-electron chi connectivity index (χ1n) is 24.5. The molecule has 0 bridgehead atoms. The van der Waals surface area contributed by atoms with Crippen LogP contribution in [-0.4, -0.2) is 37.2 Å². The highest BCUT2D eigenvalue weighted by molar-refractivity contribution is 5.71. The molecule has 0 amide bonds. The van der Waals surface area contributed by atoms with Gasteiger partial charge in [0, 0.05) is 19.3 Å². The van der Waals surface area contributed by atoms with Gasteiger partial charge in [0.15, 0.2) is 6.10 Å². The molecule has 0 N–H and O–H groups in total. The van der Waals surface area contributed by atoms with Crippen LogP contribution in [0.4, 0.5) is 0 Å². The van der Waals surface area contributed by atoms with Crippen molar-refractivity contribution >= 4 is 17.9 Å². The van der Waals surface area contributed by atoms with E-state index in [0.29, 0.717) is 19.3 Å². The van der Waals surface area contributed by atoms with Crippen LogP contribution in [0.1, 0.15) is 201 Å². The third-order valence-electron chi connectivity index (χ3n) is 9.92. The van der Waals surface area contributed by atoms with E-state index in [4.69, 9.17) is 14.2 Å². The maximum atomic E-state index is 12.7. The highest BCUT2D eigenvalue weighted by Gasteiger charge is 2.19. The SMILES string of the molecule is CC\C=C/C=C\C=C/C=C\C=C\C=C/CCCCCC(=O)OCC(COC(=O)CCCCCCCCCCC)OC(=O)CCC/C=C\C/C=C\C/C=C\CCCCCCCC. The van der Waals surface area contributed by atoms with Crippen LogP contribution < -0.4 is 0 Å². The molecule has 0 radical (unpaired) electrons. The number of rotatable bonds is 42. The van der Waals surface area contributed by atoms with Crippen molar-refractivity contribution in [1.29, 1.82) is 0 Å². The maximum Gasteiger partial charge on any atom is 0.306 e. The minimum Gasteiger partial charge on any atom is -0.462 e. The van der Waals surface area contributed by atoms with E-state index in [0.717, 1.165) is 70.6 Å². The van der Waals surface area contributed by atoms with E-state index in [-0.39, 0.29) is 37.5 Å². The highest BCUT2D eigenvalue weighted by atomic mass is 16.6. The molecule has 0 aliphatic carbocycles. The zero-order valence-corrected chi connectivity index (χ0v) is 39.1. The lowest BCUT2D eigenvalue weighted by atomic mass is 10.1. The Hall–Kier alpha value is -3.93. The van der Waals surface area contributed by atoms with Gasteiger partial charge in [-0.25, -0.2) is 0 Å². The number of hydrogen-bond donors (Lipinski definition) is 0. The highest BCUT2D eigenvalue weighted by Crippen LogP contribution is 2.12. The number of allylic oxidation sites excluding steroid dienone is 18. The second-order valence-corrected chi connectivity index (χ2v) is 15.8. The Kier molecular flexibility index (Phi) is 45.6. The van der Waals surface area contributed by atoms with Crippen molar-refractivity contribution in [3.05, 3.63) is 109 Å². The average Bonchev–Trinajstić information content (AvgIpc) is 3.26. The Balaban J connectivity index is 4.54. The van der Waals surface area contributed by atoms with E-state index < -0.39 is 6.10 Å². The number of carbonyl (C=O) groups is 3. The van der Waals surface area contributed by atoms with Gasteiger partial charge in [-0.3, -0.25) is 14.4 Å². The smallest absolute Gasteiger partial charge is 0.306 e. The summed E-state index contributed by atoms with van der Waals surface area (Å²) in [5.41, 5.74) is 0. The van der Waals surface area contributed by atoms with Crippen LogP contribution in [0.15, 0.2) is 109 Å². The van der Waals surface area contributed by atoms with Crippen LogP contribution in [0.25, 0.3) is 0 Å². The molecule has 0 aromatic rings. The summed E-state index contributed by atoms with van der Waals surface area (Å²) in [5, 5.41) is 0. The van der Waals surface area contributed by atoms with Crippen molar-refractivity contribution in [1.82, 2.24) is 0 Å².